The van der Waals surface area contributed by atoms with Crippen LogP contribution in [0, 0.1) is 0 Å². The Bertz CT molecular complexity index is 528. The van der Waals surface area contributed by atoms with Crippen LogP contribution in [0.15, 0.2) is 54.6 Å². The van der Waals surface area contributed by atoms with Crippen LogP contribution < -0.4 is 10.1 Å². The van der Waals surface area contributed by atoms with E-state index in [4.69, 9.17) is 9.47 Å². The summed E-state index contributed by atoms with van der Waals surface area (Å²) >= 11 is 0. The number of hydrogen-bond acceptors (Lipinski definition) is 3. The SMILES string of the molecule is CCCOc1cccc(NC(COC)c2ccccc2)c1. The van der Waals surface area contributed by atoms with E-state index in [-0.39, 0.29) is 6.04 Å². The summed E-state index contributed by atoms with van der Waals surface area (Å²) in [7, 11) is 1.72. The molecule has 0 aliphatic rings. The molecule has 0 saturated heterocycles. The molecule has 0 bridgehead atoms. The second-order valence-electron chi connectivity index (χ2n) is 4.94. The van der Waals surface area contributed by atoms with Gasteiger partial charge in [-0.15, -0.1) is 0 Å². The quantitative estimate of drug-likeness (QED) is 0.785. The van der Waals surface area contributed by atoms with Gasteiger partial charge in [0.1, 0.15) is 5.75 Å². The van der Waals surface area contributed by atoms with Gasteiger partial charge in [0.15, 0.2) is 0 Å². The largest absolute Gasteiger partial charge is 0.494 e. The molecule has 2 aromatic rings. The Morgan fingerprint density at radius 1 is 1.05 bits per heavy atom. The summed E-state index contributed by atoms with van der Waals surface area (Å²) in [4.78, 5) is 0. The summed E-state index contributed by atoms with van der Waals surface area (Å²) in [5.41, 5.74) is 2.24. The molecule has 1 N–H and O–H groups in total. The minimum Gasteiger partial charge on any atom is -0.494 e. The minimum atomic E-state index is 0.123. The van der Waals surface area contributed by atoms with Gasteiger partial charge in [0.05, 0.1) is 19.3 Å². The Balaban J connectivity index is 2.09. The van der Waals surface area contributed by atoms with Gasteiger partial charge in [0.2, 0.25) is 0 Å². The van der Waals surface area contributed by atoms with Gasteiger partial charge < -0.3 is 14.8 Å². The number of anilines is 1. The lowest BCUT2D eigenvalue weighted by Gasteiger charge is -2.20. The molecular weight excluding hydrogens is 262 g/mol. The van der Waals surface area contributed by atoms with Gasteiger partial charge in [-0.2, -0.15) is 0 Å². The van der Waals surface area contributed by atoms with Crippen LogP contribution in [0.4, 0.5) is 5.69 Å². The standard InChI is InChI=1S/C18H23NO2/c1-3-12-21-17-11-7-10-16(13-17)19-18(14-20-2)15-8-5-4-6-9-15/h4-11,13,18-19H,3,12,14H2,1-2H3. The van der Waals surface area contributed by atoms with Gasteiger partial charge in [-0.3, -0.25) is 0 Å². The van der Waals surface area contributed by atoms with Crippen molar-refractivity contribution in [1.29, 1.82) is 0 Å². The van der Waals surface area contributed by atoms with E-state index in [0.29, 0.717) is 6.61 Å². The highest BCUT2D eigenvalue weighted by Gasteiger charge is 2.11. The molecule has 0 aromatic heterocycles. The van der Waals surface area contributed by atoms with Crippen molar-refractivity contribution >= 4 is 5.69 Å². The number of rotatable bonds is 8. The third-order valence-corrected chi connectivity index (χ3v) is 3.18. The fraction of sp³-hybridized carbons (Fsp3) is 0.333. The first-order valence-corrected chi connectivity index (χ1v) is 7.36. The van der Waals surface area contributed by atoms with Crippen LogP contribution >= 0.6 is 0 Å². The van der Waals surface area contributed by atoms with Gasteiger partial charge in [0, 0.05) is 18.9 Å². The molecule has 0 aliphatic carbocycles. The molecule has 0 aliphatic heterocycles. The van der Waals surface area contributed by atoms with Crippen LogP contribution in [0.1, 0.15) is 24.9 Å². The lowest BCUT2D eigenvalue weighted by Crippen LogP contribution is -2.16. The number of hydrogen-bond donors (Lipinski definition) is 1. The van der Waals surface area contributed by atoms with Crippen LogP contribution in [0.25, 0.3) is 0 Å². The highest BCUT2D eigenvalue weighted by molar-refractivity contribution is 5.50. The Hall–Kier alpha value is -2.00. The van der Waals surface area contributed by atoms with E-state index in [2.05, 4.69) is 24.4 Å². The Morgan fingerprint density at radius 3 is 2.57 bits per heavy atom. The van der Waals surface area contributed by atoms with Crippen LogP contribution in [-0.4, -0.2) is 20.3 Å². The molecule has 3 nitrogen and oxygen atoms in total. The summed E-state index contributed by atoms with van der Waals surface area (Å²) < 4.78 is 11.0. The molecule has 0 amide bonds. The second-order valence-corrected chi connectivity index (χ2v) is 4.94. The fourth-order valence-corrected chi connectivity index (χ4v) is 2.17. The summed E-state index contributed by atoms with van der Waals surface area (Å²) in [6.07, 6.45) is 1.01. The maximum atomic E-state index is 5.67. The zero-order chi connectivity index (χ0) is 14.9. The third-order valence-electron chi connectivity index (χ3n) is 3.18. The molecule has 2 aromatic carbocycles. The number of benzene rings is 2. The van der Waals surface area contributed by atoms with Crippen molar-refractivity contribution in [3.63, 3.8) is 0 Å². The highest BCUT2D eigenvalue weighted by Crippen LogP contribution is 2.23. The fourth-order valence-electron chi connectivity index (χ4n) is 2.17. The van der Waals surface area contributed by atoms with E-state index in [1.165, 1.54) is 5.56 Å². The third kappa shape index (κ3) is 4.80. The predicted octanol–water partition coefficient (Wildman–Crippen LogP) is 4.28. The lowest BCUT2D eigenvalue weighted by molar-refractivity contribution is 0.186. The van der Waals surface area contributed by atoms with Gasteiger partial charge in [-0.05, 0) is 24.1 Å². The minimum absolute atomic E-state index is 0.123. The molecule has 0 saturated carbocycles. The van der Waals surface area contributed by atoms with Gasteiger partial charge in [-0.25, -0.2) is 0 Å². The Morgan fingerprint density at radius 2 is 1.86 bits per heavy atom. The van der Waals surface area contributed by atoms with Crippen LogP contribution in [-0.2, 0) is 4.74 Å². The molecule has 0 heterocycles. The molecule has 1 unspecified atom stereocenters. The monoisotopic (exact) mass is 285 g/mol. The predicted molar refractivity (Wildman–Crippen MR) is 86.9 cm³/mol. The van der Waals surface area contributed by atoms with E-state index in [1.807, 2.05) is 42.5 Å². The first-order valence-electron chi connectivity index (χ1n) is 7.36. The van der Waals surface area contributed by atoms with Crippen molar-refractivity contribution in [3.05, 3.63) is 60.2 Å². The van der Waals surface area contributed by atoms with E-state index in [9.17, 15) is 0 Å². The van der Waals surface area contributed by atoms with E-state index < -0.39 is 0 Å². The molecule has 0 radical (unpaired) electrons. The molecule has 112 valence electrons. The van der Waals surface area contributed by atoms with Crippen molar-refractivity contribution < 1.29 is 9.47 Å². The topological polar surface area (TPSA) is 30.5 Å². The average molecular weight is 285 g/mol. The number of ether oxygens (including phenoxy) is 2. The van der Waals surface area contributed by atoms with Crippen molar-refractivity contribution in [3.8, 4) is 5.75 Å². The molecule has 1 atom stereocenters. The summed E-state index contributed by atoms with van der Waals surface area (Å²) in [6, 6.07) is 18.5. The Kier molecular flexibility index (Phi) is 6.10. The zero-order valence-electron chi connectivity index (χ0n) is 12.7. The average Bonchev–Trinajstić information content (AvgIpc) is 2.54. The number of methoxy groups -OCH3 is 1. The van der Waals surface area contributed by atoms with E-state index in [0.717, 1.165) is 24.5 Å². The molecular formula is C18H23NO2. The summed E-state index contributed by atoms with van der Waals surface area (Å²) in [5.74, 6) is 0.895. The van der Waals surface area contributed by atoms with Gasteiger partial charge in [0.25, 0.3) is 0 Å². The second kappa shape index (κ2) is 8.32. The molecule has 3 heteroatoms. The van der Waals surface area contributed by atoms with E-state index in [1.54, 1.807) is 7.11 Å². The zero-order valence-corrected chi connectivity index (χ0v) is 12.7. The van der Waals surface area contributed by atoms with Crippen molar-refractivity contribution in [1.82, 2.24) is 0 Å². The van der Waals surface area contributed by atoms with Crippen molar-refractivity contribution in [2.45, 2.75) is 19.4 Å². The van der Waals surface area contributed by atoms with Crippen LogP contribution in [0.3, 0.4) is 0 Å². The van der Waals surface area contributed by atoms with Crippen molar-refractivity contribution in [2.24, 2.45) is 0 Å². The lowest BCUT2D eigenvalue weighted by atomic mass is 10.1. The maximum Gasteiger partial charge on any atom is 0.121 e. The molecule has 0 fully saturated rings. The van der Waals surface area contributed by atoms with Gasteiger partial charge >= 0.3 is 0 Å². The highest BCUT2D eigenvalue weighted by atomic mass is 16.5. The molecule has 0 spiro atoms. The van der Waals surface area contributed by atoms with Gasteiger partial charge in [-0.1, -0.05) is 43.3 Å². The molecule has 2 rings (SSSR count). The van der Waals surface area contributed by atoms with Crippen LogP contribution in [0.5, 0.6) is 5.75 Å². The Labute approximate surface area is 126 Å². The number of nitrogens with one attached hydrogen (secondary N) is 1. The first-order chi connectivity index (χ1) is 10.3. The molecule has 21 heavy (non-hydrogen) atoms. The smallest absolute Gasteiger partial charge is 0.121 e. The van der Waals surface area contributed by atoms with Crippen molar-refractivity contribution in [2.75, 3.05) is 25.6 Å². The summed E-state index contributed by atoms with van der Waals surface area (Å²) in [6.45, 7) is 3.46. The summed E-state index contributed by atoms with van der Waals surface area (Å²) in [5, 5.41) is 3.51. The normalized spacial score (nSPS) is 11.9. The van der Waals surface area contributed by atoms with E-state index >= 15 is 0 Å². The first kappa shape index (κ1) is 15.4. The maximum absolute atomic E-state index is 5.67. The van der Waals surface area contributed by atoms with Crippen LogP contribution in [0.2, 0.25) is 0 Å².